The Kier molecular flexibility index (Phi) is 6.62. The van der Waals surface area contributed by atoms with Gasteiger partial charge in [-0.05, 0) is 42.0 Å². The number of nitrogens with zero attached hydrogens (tertiary/aromatic N) is 2. The van der Waals surface area contributed by atoms with Crippen LogP contribution in [0.15, 0.2) is 54.1 Å². The van der Waals surface area contributed by atoms with Crippen molar-refractivity contribution in [1.29, 1.82) is 0 Å². The summed E-state index contributed by atoms with van der Waals surface area (Å²) < 4.78 is 5.38. The number of amides is 1. The number of rotatable bonds is 5. The standard InChI is InChI=1S/C23H22Cl2N2O4/c24-17-5-1-15(2-6-17)20-19(21(28)16-3-7-18(25)8-4-16)22(29)23(30)27(20)10-9-26-11-13-31-14-12-26/h1-8,20,28H,9-14H2/b21-19+/t20-/m0/s1. The highest BCUT2D eigenvalue weighted by Gasteiger charge is 2.46. The molecule has 2 saturated heterocycles. The molecule has 2 fully saturated rings. The summed E-state index contributed by atoms with van der Waals surface area (Å²) in [6.45, 7) is 3.82. The van der Waals surface area contributed by atoms with Gasteiger partial charge in [-0.3, -0.25) is 14.5 Å². The van der Waals surface area contributed by atoms with Crippen LogP contribution in [0.2, 0.25) is 10.0 Å². The molecule has 1 N–H and O–H groups in total. The quantitative estimate of drug-likeness (QED) is 0.418. The van der Waals surface area contributed by atoms with Gasteiger partial charge in [0.1, 0.15) is 5.76 Å². The first-order valence-electron chi connectivity index (χ1n) is 10.1. The number of halogens is 2. The lowest BCUT2D eigenvalue weighted by molar-refractivity contribution is -0.140. The molecule has 0 radical (unpaired) electrons. The lowest BCUT2D eigenvalue weighted by atomic mass is 9.95. The molecule has 8 heteroatoms. The van der Waals surface area contributed by atoms with Crippen molar-refractivity contribution in [3.05, 3.63) is 75.3 Å². The fourth-order valence-corrected chi connectivity index (χ4v) is 4.19. The summed E-state index contributed by atoms with van der Waals surface area (Å²) in [6.07, 6.45) is 0. The number of carbonyl (C=O) groups excluding carboxylic acids is 2. The number of Topliss-reactive ketones (excluding diaryl/α,β-unsaturated/α-hetero) is 1. The largest absolute Gasteiger partial charge is 0.507 e. The van der Waals surface area contributed by atoms with Gasteiger partial charge in [-0.2, -0.15) is 0 Å². The van der Waals surface area contributed by atoms with E-state index in [0.717, 1.165) is 13.1 Å². The van der Waals surface area contributed by atoms with Crippen molar-refractivity contribution in [2.75, 3.05) is 39.4 Å². The molecule has 0 aliphatic carbocycles. The normalized spacial score (nSPS) is 21.6. The molecule has 0 saturated carbocycles. The van der Waals surface area contributed by atoms with Crippen molar-refractivity contribution < 1.29 is 19.4 Å². The third-order valence-corrected chi connectivity index (χ3v) is 6.11. The van der Waals surface area contributed by atoms with Crippen molar-refractivity contribution >= 4 is 40.7 Å². The third-order valence-electron chi connectivity index (χ3n) is 5.60. The van der Waals surface area contributed by atoms with E-state index in [0.29, 0.717) is 47.5 Å². The summed E-state index contributed by atoms with van der Waals surface area (Å²) >= 11 is 12.0. The first-order valence-corrected chi connectivity index (χ1v) is 10.8. The molecule has 1 amide bonds. The van der Waals surface area contributed by atoms with Crippen LogP contribution in [0.5, 0.6) is 0 Å². The van der Waals surface area contributed by atoms with E-state index in [4.69, 9.17) is 27.9 Å². The van der Waals surface area contributed by atoms with Crippen LogP contribution in [0.4, 0.5) is 0 Å². The maximum Gasteiger partial charge on any atom is 0.295 e. The van der Waals surface area contributed by atoms with Crippen molar-refractivity contribution in [2.24, 2.45) is 0 Å². The number of morpholine rings is 1. The van der Waals surface area contributed by atoms with Crippen LogP contribution in [0, 0.1) is 0 Å². The second kappa shape index (κ2) is 9.40. The lowest BCUT2D eigenvalue weighted by Crippen LogP contribution is -2.42. The van der Waals surface area contributed by atoms with Gasteiger partial charge in [0.05, 0.1) is 24.8 Å². The Morgan fingerprint density at radius 1 is 0.935 bits per heavy atom. The van der Waals surface area contributed by atoms with E-state index in [9.17, 15) is 14.7 Å². The minimum Gasteiger partial charge on any atom is -0.507 e. The molecule has 2 aliphatic heterocycles. The van der Waals surface area contributed by atoms with Gasteiger partial charge in [-0.1, -0.05) is 35.3 Å². The molecular formula is C23H22Cl2N2O4. The highest BCUT2D eigenvalue weighted by molar-refractivity contribution is 6.46. The molecule has 0 bridgehead atoms. The first kappa shape index (κ1) is 21.8. The van der Waals surface area contributed by atoms with Gasteiger partial charge < -0.3 is 14.7 Å². The second-order valence-corrected chi connectivity index (χ2v) is 8.38. The number of benzene rings is 2. The molecule has 1 atom stereocenters. The summed E-state index contributed by atoms with van der Waals surface area (Å²) in [7, 11) is 0. The number of ketones is 1. The Morgan fingerprint density at radius 2 is 1.52 bits per heavy atom. The summed E-state index contributed by atoms with van der Waals surface area (Å²) in [6, 6.07) is 12.8. The van der Waals surface area contributed by atoms with Gasteiger partial charge in [0.15, 0.2) is 0 Å². The van der Waals surface area contributed by atoms with E-state index < -0.39 is 17.7 Å². The molecule has 0 aromatic heterocycles. The molecule has 2 aromatic carbocycles. The minimum atomic E-state index is -0.700. The maximum atomic E-state index is 13.0. The topological polar surface area (TPSA) is 70.1 Å². The summed E-state index contributed by atoms with van der Waals surface area (Å²) in [5, 5.41) is 12.1. The highest BCUT2D eigenvalue weighted by Crippen LogP contribution is 2.39. The summed E-state index contributed by atoms with van der Waals surface area (Å²) in [5.41, 5.74) is 1.20. The zero-order valence-corrected chi connectivity index (χ0v) is 18.3. The number of carbonyl (C=O) groups is 2. The van der Waals surface area contributed by atoms with Crippen LogP contribution in [0.25, 0.3) is 5.76 Å². The summed E-state index contributed by atoms with van der Waals surface area (Å²) in [4.78, 5) is 29.7. The van der Waals surface area contributed by atoms with Gasteiger partial charge in [0.25, 0.3) is 11.7 Å². The molecule has 0 spiro atoms. The van der Waals surface area contributed by atoms with Crippen LogP contribution >= 0.6 is 23.2 Å². The number of aliphatic hydroxyl groups excluding tert-OH is 1. The van der Waals surface area contributed by atoms with Crippen molar-refractivity contribution in [1.82, 2.24) is 9.80 Å². The van der Waals surface area contributed by atoms with E-state index in [1.807, 2.05) is 0 Å². The molecule has 162 valence electrons. The Bertz CT molecular complexity index is 999. The van der Waals surface area contributed by atoms with E-state index in [2.05, 4.69) is 4.90 Å². The number of hydrogen-bond acceptors (Lipinski definition) is 5. The third kappa shape index (κ3) is 4.62. The fourth-order valence-electron chi connectivity index (χ4n) is 3.94. The lowest BCUT2D eigenvalue weighted by Gasteiger charge is -2.31. The monoisotopic (exact) mass is 460 g/mol. The van der Waals surface area contributed by atoms with E-state index in [1.54, 1.807) is 48.5 Å². The van der Waals surface area contributed by atoms with Crippen LogP contribution in [0.1, 0.15) is 17.2 Å². The van der Waals surface area contributed by atoms with Crippen molar-refractivity contribution in [2.45, 2.75) is 6.04 Å². The number of hydrogen-bond donors (Lipinski definition) is 1. The number of aliphatic hydroxyl groups is 1. The second-order valence-electron chi connectivity index (χ2n) is 7.50. The zero-order valence-electron chi connectivity index (χ0n) is 16.8. The van der Waals surface area contributed by atoms with Gasteiger partial charge in [0.2, 0.25) is 0 Å². The Morgan fingerprint density at radius 3 is 2.13 bits per heavy atom. The predicted molar refractivity (Wildman–Crippen MR) is 119 cm³/mol. The fraction of sp³-hybridized carbons (Fsp3) is 0.304. The van der Waals surface area contributed by atoms with Crippen LogP contribution in [-0.2, 0) is 14.3 Å². The highest BCUT2D eigenvalue weighted by atomic mass is 35.5. The minimum absolute atomic E-state index is 0.0663. The molecule has 6 nitrogen and oxygen atoms in total. The maximum absolute atomic E-state index is 13.0. The van der Waals surface area contributed by atoms with Crippen LogP contribution < -0.4 is 0 Å². The van der Waals surface area contributed by atoms with E-state index in [1.165, 1.54) is 4.90 Å². The Balaban J connectivity index is 1.72. The molecule has 0 unspecified atom stereocenters. The molecular weight excluding hydrogens is 439 g/mol. The summed E-state index contributed by atoms with van der Waals surface area (Å²) in [5.74, 6) is -1.54. The predicted octanol–water partition coefficient (Wildman–Crippen LogP) is 3.75. The van der Waals surface area contributed by atoms with Crippen LogP contribution in [0.3, 0.4) is 0 Å². The average Bonchev–Trinajstić information content (AvgIpc) is 3.04. The molecule has 2 aromatic rings. The van der Waals surface area contributed by atoms with E-state index >= 15 is 0 Å². The smallest absolute Gasteiger partial charge is 0.295 e. The molecule has 31 heavy (non-hydrogen) atoms. The Labute approximate surface area is 190 Å². The van der Waals surface area contributed by atoms with Gasteiger partial charge in [-0.25, -0.2) is 0 Å². The first-order chi connectivity index (χ1) is 15.0. The van der Waals surface area contributed by atoms with Gasteiger partial charge in [0, 0.05) is 41.8 Å². The van der Waals surface area contributed by atoms with Gasteiger partial charge >= 0.3 is 0 Å². The number of likely N-dealkylation sites (tertiary alicyclic amines) is 1. The van der Waals surface area contributed by atoms with Crippen molar-refractivity contribution in [3.8, 4) is 0 Å². The molecule has 2 heterocycles. The molecule has 4 rings (SSSR count). The SMILES string of the molecule is O=C1C(=O)N(CCN2CCOCC2)[C@@H](c2ccc(Cl)cc2)/C1=C(\O)c1ccc(Cl)cc1. The molecule has 2 aliphatic rings. The Hall–Kier alpha value is -2.38. The average molecular weight is 461 g/mol. The van der Waals surface area contributed by atoms with Crippen molar-refractivity contribution in [3.63, 3.8) is 0 Å². The van der Waals surface area contributed by atoms with Crippen LogP contribution in [-0.4, -0.2) is 66.0 Å². The number of ether oxygens (including phenoxy) is 1. The van der Waals surface area contributed by atoms with Gasteiger partial charge in [-0.15, -0.1) is 0 Å². The van der Waals surface area contributed by atoms with E-state index in [-0.39, 0.29) is 11.3 Å². The zero-order chi connectivity index (χ0) is 22.0.